The zero-order chi connectivity index (χ0) is 14.3. The fourth-order valence-corrected chi connectivity index (χ4v) is 4.13. The van der Waals surface area contributed by atoms with Crippen molar-refractivity contribution in [2.75, 3.05) is 25.0 Å². The summed E-state index contributed by atoms with van der Waals surface area (Å²) in [7, 11) is 2.00. The first-order valence-corrected chi connectivity index (χ1v) is 8.29. The Morgan fingerprint density at radius 2 is 2.15 bits per heavy atom. The van der Waals surface area contributed by atoms with E-state index in [-0.39, 0.29) is 6.10 Å². The second kappa shape index (κ2) is 5.66. The Morgan fingerprint density at radius 1 is 1.35 bits per heavy atom. The van der Waals surface area contributed by atoms with Gasteiger partial charge in [0.25, 0.3) is 0 Å². The molecule has 110 valence electrons. The van der Waals surface area contributed by atoms with Crippen LogP contribution in [0.1, 0.15) is 31.4 Å². The number of hydrogen-bond acceptors (Lipinski definition) is 3. The molecule has 1 saturated carbocycles. The number of aliphatic hydroxyl groups excluding tert-OH is 1. The Hall–Kier alpha value is -0.580. The van der Waals surface area contributed by atoms with Crippen molar-refractivity contribution in [1.82, 2.24) is 5.32 Å². The van der Waals surface area contributed by atoms with Crippen LogP contribution in [-0.2, 0) is 0 Å². The fraction of sp³-hybridized carbons (Fsp3) is 0.625. The predicted octanol–water partition coefficient (Wildman–Crippen LogP) is 2.94. The molecule has 1 aliphatic heterocycles. The maximum atomic E-state index is 10.1. The van der Waals surface area contributed by atoms with Crippen molar-refractivity contribution in [2.24, 2.45) is 11.8 Å². The average molecular weight is 339 g/mol. The topological polar surface area (TPSA) is 35.5 Å². The van der Waals surface area contributed by atoms with Gasteiger partial charge in [-0.15, -0.1) is 0 Å². The Balaban J connectivity index is 1.87. The normalized spacial score (nSPS) is 30.6. The van der Waals surface area contributed by atoms with Gasteiger partial charge in [0, 0.05) is 35.2 Å². The third-order valence-corrected chi connectivity index (χ3v) is 5.54. The fourth-order valence-electron chi connectivity index (χ4n) is 3.75. The second-order valence-corrected chi connectivity index (χ2v) is 7.10. The molecular weight excluding hydrogens is 316 g/mol. The smallest absolute Gasteiger partial charge is 0.0588 e. The number of hydrogen-bond donors (Lipinski definition) is 2. The summed E-state index contributed by atoms with van der Waals surface area (Å²) in [6.07, 6.45) is 2.07. The van der Waals surface area contributed by atoms with Crippen molar-refractivity contribution >= 4 is 21.6 Å². The molecule has 4 atom stereocenters. The summed E-state index contributed by atoms with van der Waals surface area (Å²) in [5.41, 5.74) is 2.65. The van der Waals surface area contributed by atoms with Gasteiger partial charge in [-0.25, -0.2) is 0 Å². The van der Waals surface area contributed by atoms with Crippen molar-refractivity contribution < 1.29 is 5.11 Å². The molecule has 4 unspecified atom stereocenters. The number of nitrogens with one attached hydrogen (secondary N) is 1. The summed E-state index contributed by atoms with van der Waals surface area (Å²) < 4.78 is 1.12. The largest absolute Gasteiger partial charge is 0.393 e. The van der Waals surface area contributed by atoms with Crippen molar-refractivity contribution in [2.45, 2.75) is 31.9 Å². The van der Waals surface area contributed by atoms with Crippen LogP contribution in [0.3, 0.4) is 0 Å². The third kappa shape index (κ3) is 2.49. The molecule has 0 radical (unpaired) electrons. The van der Waals surface area contributed by atoms with Crippen LogP contribution in [0.5, 0.6) is 0 Å². The average Bonchev–Trinajstić information content (AvgIpc) is 3.00. The van der Waals surface area contributed by atoms with Crippen molar-refractivity contribution in [3.05, 3.63) is 28.2 Å². The summed E-state index contributed by atoms with van der Waals surface area (Å²) in [6, 6.07) is 6.86. The predicted molar refractivity (Wildman–Crippen MR) is 86.1 cm³/mol. The molecular formula is C16H23BrN2O. The van der Waals surface area contributed by atoms with Crippen molar-refractivity contribution in [3.63, 3.8) is 0 Å². The van der Waals surface area contributed by atoms with Crippen LogP contribution in [0.25, 0.3) is 0 Å². The Morgan fingerprint density at radius 3 is 2.85 bits per heavy atom. The van der Waals surface area contributed by atoms with Gasteiger partial charge in [0.2, 0.25) is 0 Å². The highest BCUT2D eigenvalue weighted by molar-refractivity contribution is 9.10. The van der Waals surface area contributed by atoms with Gasteiger partial charge in [-0.3, -0.25) is 0 Å². The minimum absolute atomic E-state index is 0.0920. The van der Waals surface area contributed by atoms with Gasteiger partial charge in [0.05, 0.1) is 6.10 Å². The van der Waals surface area contributed by atoms with Gasteiger partial charge < -0.3 is 15.3 Å². The summed E-state index contributed by atoms with van der Waals surface area (Å²) in [4.78, 5) is 2.47. The Kier molecular flexibility index (Phi) is 4.07. The Bertz CT molecular complexity index is 493. The molecule has 0 bridgehead atoms. The van der Waals surface area contributed by atoms with E-state index in [1.54, 1.807) is 0 Å². The number of anilines is 1. The lowest BCUT2D eigenvalue weighted by atomic mass is 10.00. The van der Waals surface area contributed by atoms with Gasteiger partial charge in [-0.1, -0.05) is 15.9 Å². The number of nitrogens with zero attached hydrogens (tertiary/aromatic N) is 1. The minimum atomic E-state index is -0.0920. The lowest BCUT2D eigenvalue weighted by Crippen LogP contribution is -2.26. The van der Waals surface area contributed by atoms with E-state index < -0.39 is 0 Å². The molecule has 0 spiro atoms. The lowest BCUT2D eigenvalue weighted by molar-refractivity contribution is 0.133. The molecule has 3 rings (SSSR count). The molecule has 2 N–H and O–H groups in total. The van der Waals surface area contributed by atoms with E-state index >= 15 is 0 Å². The third-order valence-electron chi connectivity index (χ3n) is 5.05. The monoisotopic (exact) mass is 338 g/mol. The highest BCUT2D eigenvalue weighted by Gasteiger charge is 2.42. The molecule has 0 aromatic heterocycles. The Labute approximate surface area is 129 Å². The van der Waals surface area contributed by atoms with E-state index in [4.69, 9.17) is 0 Å². The van der Waals surface area contributed by atoms with Crippen LogP contribution < -0.4 is 10.2 Å². The van der Waals surface area contributed by atoms with Crippen LogP contribution in [0.4, 0.5) is 5.69 Å². The molecule has 1 saturated heterocycles. The summed E-state index contributed by atoms with van der Waals surface area (Å²) in [5, 5.41) is 13.4. The van der Waals surface area contributed by atoms with Crippen LogP contribution in [0, 0.1) is 11.8 Å². The number of halogens is 1. The molecule has 2 fully saturated rings. The van der Waals surface area contributed by atoms with Crippen LogP contribution in [0.2, 0.25) is 0 Å². The SMILES string of the molecule is CNC(C)c1cc(Br)ccc1N1CC2CCC(O)C2C1. The molecule has 20 heavy (non-hydrogen) atoms. The van der Waals surface area contributed by atoms with Crippen LogP contribution in [0.15, 0.2) is 22.7 Å². The molecule has 1 aromatic rings. The number of aliphatic hydroxyl groups is 1. The molecule has 1 heterocycles. The summed E-state index contributed by atoms with van der Waals surface area (Å²) in [6.45, 7) is 4.28. The number of benzene rings is 1. The van der Waals surface area contributed by atoms with Crippen molar-refractivity contribution in [1.29, 1.82) is 0 Å². The van der Waals surface area contributed by atoms with E-state index in [1.165, 1.54) is 17.7 Å². The maximum absolute atomic E-state index is 10.1. The van der Waals surface area contributed by atoms with E-state index in [0.29, 0.717) is 17.9 Å². The van der Waals surface area contributed by atoms with Gasteiger partial charge >= 0.3 is 0 Å². The van der Waals surface area contributed by atoms with E-state index in [1.807, 2.05) is 7.05 Å². The van der Waals surface area contributed by atoms with Gasteiger partial charge in [0.15, 0.2) is 0 Å². The molecule has 4 heteroatoms. The van der Waals surface area contributed by atoms with E-state index in [2.05, 4.69) is 51.3 Å². The first-order valence-electron chi connectivity index (χ1n) is 7.50. The number of rotatable bonds is 3. The first kappa shape index (κ1) is 14.4. The lowest BCUT2D eigenvalue weighted by Gasteiger charge is -2.26. The minimum Gasteiger partial charge on any atom is -0.393 e. The first-order chi connectivity index (χ1) is 9.60. The number of fused-ring (bicyclic) bond motifs is 1. The quantitative estimate of drug-likeness (QED) is 0.889. The molecule has 2 aliphatic rings. The summed E-state index contributed by atoms with van der Waals surface area (Å²) in [5.74, 6) is 1.14. The summed E-state index contributed by atoms with van der Waals surface area (Å²) >= 11 is 3.57. The van der Waals surface area contributed by atoms with E-state index in [0.717, 1.165) is 24.0 Å². The van der Waals surface area contributed by atoms with Gasteiger partial charge in [-0.05, 0) is 56.5 Å². The molecule has 0 amide bonds. The van der Waals surface area contributed by atoms with Crippen LogP contribution >= 0.6 is 15.9 Å². The van der Waals surface area contributed by atoms with Gasteiger partial charge in [-0.2, -0.15) is 0 Å². The highest BCUT2D eigenvalue weighted by Crippen LogP contribution is 2.41. The van der Waals surface area contributed by atoms with E-state index in [9.17, 15) is 5.11 Å². The van der Waals surface area contributed by atoms with Crippen molar-refractivity contribution in [3.8, 4) is 0 Å². The highest BCUT2D eigenvalue weighted by atomic mass is 79.9. The van der Waals surface area contributed by atoms with Crippen LogP contribution in [-0.4, -0.2) is 31.3 Å². The van der Waals surface area contributed by atoms with Gasteiger partial charge in [0.1, 0.15) is 0 Å². The maximum Gasteiger partial charge on any atom is 0.0588 e. The molecule has 3 nitrogen and oxygen atoms in total. The zero-order valence-electron chi connectivity index (χ0n) is 12.1. The molecule has 1 aromatic carbocycles. The standard InChI is InChI=1S/C16H23BrN2O/c1-10(18-2)13-7-12(17)4-5-15(13)19-8-11-3-6-16(20)14(11)9-19/h4-5,7,10-11,14,16,18,20H,3,6,8-9H2,1-2H3. The second-order valence-electron chi connectivity index (χ2n) is 6.19. The zero-order valence-corrected chi connectivity index (χ0v) is 13.7. The molecule has 1 aliphatic carbocycles.